The van der Waals surface area contributed by atoms with Crippen molar-refractivity contribution in [2.45, 2.75) is 30.9 Å². The van der Waals surface area contributed by atoms with E-state index < -0.39 is 0 Å². The van der Waals surface area contributed by atoms with Crippen LogP contribution in [0.5, 0.6) is 0 Å². The number of thioether (sulfide) groups is 1. The number of amides is 1. The van der Waals surface area contributed by atoms with Crippen LogP contribution in [0.15, 0.2) is 22.5 Å². The predicted molar refractivity (Wildman–Crippen MR) is 106 cm³/mol. The number of carbonyl (C=O) groups is 1. The molecule has 1 aliphatic heterocycles. The Labute approximate surface area is 163 Å². The van der Waals surface area contributed by atoms with Gasteiger partial charge in [0.25, 0.3) is 0 Å². The summed E-state index contributed by atoms with van der Waals surface area (Å²) in [6.07, 6.45) is 2.24. The highest BCUT2D eigenvalue weighted by Gasteiger charge is 2.19. The van der Waals surface area contributed by atoms with E-state index in [9.17, 15) is 4.79 Å². The second kappa shape index (κ2) is 7.99. The maximum Gasteiger partial charge on any atom is 0.230 e. The van der Waals surface area contributed by atoms with E-state index in [2.05, 4.69) is 20.5 Å². The van der Waals surface area contributed by atoms with Crippen LogP contribution in [0, 0.1) is 6.92 Å². The zero-order valence-corrected chi connectivity index (χ0v) is 16.7. The Bertz CT molecular complexity index is 904. The summed E-state index contributed by atoms with van der Waals surface area (Å²) in [6, 6.07) is 4.04. The number of fused-ring (bicyclic) bond motifs is 1. The number of carbonyl (C=O) groups excluding carboxylic acids is 1. The molecule has 3 aromatic rings. The summed E-state index contributed by atoms with van der Waals surface area (Å²) < 4.78 is 6.55. The molecular weight excluding hydrogens is 388 g/mol. The lowest BCUT2D eigenvalue weighted by Crippen LogP contribution is -2.32. The smallest absolute Gasteiger partial charge is 0.230 e. The Morgan fingerprint density at radius 1 is 1.46 bits per heavy atom. The molecule has 0 aliphatic carbocycles. The van der Waals surface area contributed by atoms with Crippen molar-refractivity contribution in [1.29, 1.82) is 0 Å². The molecule has 1 N–H and O–H groups in total. The summed E-state index contributed by atoms with van der Waals surface area (Å²) in [7, 11) is 0. The van der Waals surface area contributed by atoms with Gasteiger partial charge in [0.15, 0.2) is 0 Å². The van der Waals surface area contributed by atoms with Crippen molar-refractivity contribution >= 4 is 50.6 Å². The first-order chi connectivity index (χ1) is 12.7. The fourth-order valence-corrected chi connectivity index (χ4v) is 5.33. The van der Waals surface area contributed by atoms with Crippen molar-refractivity contribution in [2.24, 2.45) is 0 Å². The number of aryl methyl sites for hydroxylation is 1. The molecule has 0 saturated carbocycles. The molecule has 0 bridgehead atoms. The normalized spacial score (nSPS) is 17.0. The summed E-state index contributed by atoms with van der Waals surface area (Å²) >= 11 is 4.63. The highest BCUT2D eigenvalue weighted by molar-refractivity contribution is 8.00. The quantitative estimate of drug-likeness (QED) is 0.631. The van der Waals surface area contributed by atoms with E-state index in [0.29, 0.717) is 17.3 Å². The molecule has 4 heterocycles. The first-order valence-corrected chi connectivity index (χ1v) is 11.1. The molecule has 1 aliphatic rings. The topological polar surface area (TPSA) is 77.0 Å². The minimum absolute atomic E-state index is 0.0188. The molecule has 9 heteroatoms. The van der Waals surface area contributed by atoms with Crippen molar-refractivity contribution in [3.63, 3.8) is 0 Å². The van der Waals surface area contributed by atoms with Gasteiger partial charge in [-0.3, -0.25) is 4.79 Å². The standard InChI is InChI=1S/C17H18N4O2S3/c1-10-19-15-16(26-10)14(12-5-3-7-24-12)20-21-17(15)25-9-13(22)18-8-11-4-2-6-23-11/h3,5,7,11H,2,4,6,8-9H2,1H3,(H,18,22). The molecule has 0 aromatic carbocycles. The lowest BCUT2D eigenvalue weighted by Gasteiger charge is -2.10. The number of rotatable bonds is 6. The maximum atomic E-state index is 12.1. The summed E-state index contributed by atoms with van der Waals surface area (Å²) in [5.41, 5.74) is 1.70. The SMILES string of the molecule is Cc1nc2c(SCC(=O)NCC3CCCO3)nnc(-c3cccs3)c2s1. The van der Waals surface area contributed by atoms with Gasteiger partial charge >= 0.3 is 0 Å². The van der Waals surface area contributed by atoms with E-state index in [4.69, 9.17) is 4.74 Å². The predicted octanol–water partition coefficient (Wildman–Crippen LogP) is 3.51. The summed E-state index contributed by atoms with van der Waals surface area (Å²) in [4.78, 5) is 17.8. The van der Waals surface area contributed by atoms with E-state index >= 15 is 0 Å². The highest BCUT2D eigenvalue weighted by atomic mass is 32.2. The Balaban J connectivity index is 1.46. The lowest BCUT2D eigenvalue weighted by molar-refractivity contribution is -0.119. The average molecular weight is 407 g/mol. The van der Waals surface area contributed by atoms with Gasteiger partial charge in [-0.1, -0.05) is 17.8 Å². The Kier molecular flexibility index (Phi) is 5.49. The Morgan fingerprint density at radius 2 is 2.38 bits per heavy atom. The molecule has 136 valence electrons. The number of nitrogens with zero attached hydrogens (tertiary/aromatic N) is 3. The van der Waals surface area contributed by atoms with Crippen molar-refractivity contribution in [3.8, 4) is 10.6 Å². The van der Waals surface area contributed by atoms with Crippen LogP contribution in [-0.2, 0) is 9.53 Å². The molecule has 3 aromatic heterocycles. The molecule has 4 rings (SSSR count). The molecule has 26 heavy (non-hydrogen) atoms. The van der Waals surface area contributed by atoms with Crippen LogP contribution in [-0.4, -0.2) is 46.1 Å². The number of nitrogens with one attached hydrogen (secondary N) is 1. The van der Waals surface area contributed by atoms with Crippen molar-refractivity contribution in [1.82, 2.24) is 20.5 Å². The zero-order valence-electron chi connectivity index (χ0n) is 14.2. The van der Waals surface area contributed by atoms with Gasteiger partial charge in [0, 0.05) is 13.2 Å². The van der Waals surface area contributed by atoms with Crippen LogP contribution < -0.4 is 5.32 Å². The number of hydrogen-bond acceptors (Lipinski definition) is 8. The van der Waals surface area contributed by atoms with E-state index in [1.165, 1.54) is 11.8 Å². The molecular formula is C17H18N4O2S3. The average Bonchev–Trinajstić information content (AvgIpc) is 3.38. The first-order valence-electron chi connectivity index (χ1n) is 8.39. The van der Waals surface area contributed by atoms with E-state index in [1.54, 1.807) is 22.7 Å². The van der Waals surface area contributed by atoms with Gasteiger partial charge in [-0.05, 0) is 31.2 Å². The van der Waals surface area contributed by atoms with Crippen LogP contribution in [0.4, 0.5) is 0 Å². The van der Waals surface area contributed by atoms with Gasteiger partial charge in [-0.15, -0.1) is 32.9 Å². The maximum absolute atomic E-state index is 12.1. The van der Waals surface area contributed by atoms with Crippen molar-refractivity contribution < 1.29 is 9.53 Å². The third-order valence-corrected chi connectivity index (χ3v) is 6.85. The molecule has 1 unspecified atom stereocenters. The fourth-order valence-electron chi connectivity index (χ4n) is 2.81. The molecule has 1 atom stereocenters. The van der Waals surface area contributed by atoms with Crippen LogP contribution in [0.25, 0.3) is 20.8 Å². The van der Waals surface area contributed by atoms with Gasteiger partial charge in [0.05, 0.1) is 26.4 Å². The van der Waals surface area contributed by atoms with Gasteiger partial charge < -0.3 is 10.1 Å². The summed E-state index contributed by atoms with van der Waals surface area (Å²) in [5.74, 6) is 0.278. The van der Waals surface area contributed by atoms with Gasteiger partial charge in [0.2, 0.25) is 5.91 Å². The van der Waals surface area contributed by atoms with Crippen LogP contribution in [0.2, 0.25) is 0 Å². The number of thiophene rings is 1. The summed E-state index contributed by atoms with van der Waals surface area (Å²) in [5, 5.41) is 15.4. The zero-order chi connectivity index (χ0) is 17.9. The number of hydrogen-bond donors (Lipinski definition) is 1. The summed E-state index contributed by atoms with van der Waals surface area (Å²) in [6.45, 7) is 3.35. The van der Waals surface area contributed by atoms with Crippen molar-refractivity contribution in [2.75, 3.05) is 18.9 Å². The highest BCUT2D eigenvalue weighted by Crippen LogP contribution is 2.36. The van der Waals surface area contributed by atoms with Crippen LogP contribution in [0.1, 0.15) is 17.8 Å². The second-order valence-electron chi connectivity index (χ2n) is 5.97. The number of thiazole rings is 1. The molecule has 0 spiro atoms. The van der Waals surface area contributed by atoms with Crippen LogP contribution >= 0.6 is 34.4 Å². The van der Waals surface area contributed by atoms with E-state index in [-0.39, 0.29) is 12.0 Å². The molecule has 1 amide bonds. The number of aromatic nitrogens is 3. The molecule has 1 saturated heterocycles. The molecule has 6 nitrogen and oxygen atoms in total. The van der Waals surface area contributed by atoms with Gasteiger partial charge in [-0.2, -0.15) is 0 Å². The monoisotopic (exact) mass is 406 g/mol. The van der Waals surface area contributed by atoms with E-state index in [0.717, 1.165) is 45.2 Å². The molecule has 1 fully saturated rings. The van der Waals surface area contributed by atoms with Gasteiger partial charge in [-0.25, -0.2) is 4.98 Å². The van der Waals surface area contributed by atoms with E-state index in [1.807, 2.05) is 24.4 Å². The first kappa shape index (κ1) is 17.8. The van der Waals surface area contributed by atoms with Crippen molar-refractivity contribution in [3.05, 3.63) is 22.5 Å². The van der Waals surface area contributed by atoms with Crippen LogP contribution in [0.3, 0.4) is 0 Å². The number of ether oxygens (including phenoxy) is 1. The fraction of sp³-hybridized carbons (Fsp3) is 0.412. The second-order valence-corrected chi connectivity index (χ2v) is 9.08. The minimum Gasteiger partial charge on any atom is -0.376 e. The third-order valence-electron chi connectivity index (χ3n) is 4.04. The Hall–Kier alpha value is -1.55. The largest absolute Gasteiger partial charge is 0.376 e. The lowest BCUT2D eigenvalue weighted by atomic mass is 10.2. The third kappa shape index (κ3) is 3.90. The van der Waals surface area contributed by atoms with Gasteiger partial charge in [0.1, 0.15) is 16.2 Å². The molecule has 0 radical (unpaired) electrons. The minimum atomic E-state index is -0.0188. The Morgan fingerprint density at radius 3 is 3.15 bits per heavy atom.